The van der Waals surface area contributed by atoms with Gasteiger partial charge in [-0.3, -0.25) is 0 Å². The standard InChI is InChI=1S/C15H14N4S/c1-20-15-16-8-11-9-17-19(14(11)18-15)13-7-6-10-4-2-3-5-12(10)13/h2-5,8-9,13H,6-7H2,1H3. The van der Waals surface area contributed by atoms with Gasteiger partial charge in [0.2, 0.25) is 0 Å². The van der Waals surface area contributed by atoms with Gasteiger partial charge in [0.25, 0.3) is 0 Å². The summed E-state index contributed by atoms with van der Waals surface area (Å²) in [4.78, 5) is 8.93. The van der Waals surface area contributed by atoms with E-state index >= 15 is 0 Å². The van der Waals surface area contributed by atoms with Crippen LogP contribution in [0, 0.1) is 0 Å². The van der Waals surface area contributed by atoms with Gasteiger partial charge in [0, 0.05) is 6.20 Å². The summed E-state index contributed by atoms with van der Waals surface area (Å²) in [6, 6.07) is 8.93. The molecule has 4 nitrogen and oxygen atoms in total. The highest BCUT2D eigenvalue weighted by atomic mass is 32.2. The molecule has 0 aliphatic heterocycles. The van der Waals surface area contributed by atoms with Crippen molar-refractivity contribution in [2.75, 3.05) is 6.26 Å². The molecule has 0 radical (unpaired) electrons. The molecule has 1 aliphatic carbocycles. The van der Waals surface area contributed by atoms with Crippen LogP contribution in [0.3, 0.4) is 0 Å². The van der Waals surface area contributed by atoms with Crippen molar-refractivity contribution in [2.24, 2.45) is 0 Å². The van der Waals surface area contributed by atoms with Gasteiger partial charge in [0.1, 0.15) is 0 Å². The minimum absolute atomic E-state index is 0.299. The molecule has 20 heavy (non-hydrogen) atoms. The molecule has 0 spiro atoms. The summed E-state index contributed by atoms with van der Waals surface area (Å²) in [5, 5.41) is 6.36. The van der Waals surface area contributed by atoms with E-state index in [1.807, 2.05) is 18.6 Å². The Morgan fingerprint density at radius 2 is 2.15 bits per heavy atom. The van der Waals surface area contributed by atoms with Crippen LogP contribution in [-0.2, 0) is 6.42 Å². The van der Waals surface area contributed by atoms with Crippen LogP contribution < -0.4 is 0 Å². The first-order chi connectivity index (χ1) is 9.86. The van der Waals surface area contributed by atoms with Crippen LogP contribution in [0.5, 0.6) is 0 Å². The van der Waals surface area contributed by atoms with Gasteiger partial charge in [-0.1, -0.05) is 36.0 Å². The summed E-state index contributed by atoms with van der Waals surface area (Å²) in [5.74, 6) is 0. The molecular formula is C15H14N4S. The molecule has 0 N–H and O–H groups in total. The van der Waals surface area contributed by atoms with E-state index in [2.05, 4.69) is 44.0 Å². The minimum atomic E-state index is 0.299. The number of hydrogen-bond donors (Lipinski definition) is 0. The molecule has 0 bridgehead atoms. The topological polar surface area (TPSA) is 43.6 Å². The van der Waals surface area contributed by atoms with E-state index in [1.165, 1.54) is 11.1 Å². The minimum Gasteiger partial charge on any atom is -0.240 e. The Morgan fingerprint density at radius 1 is 1.25 bits per heavy atom. The van der Waals surface area contributed by atoms with E-state index in [-0.39, 0.29) is 0 Å². The zero-order valence-corrected chi connectivity index (χ0v) is 12.0. The first-order valence-electron chi connectivity index (χ1n) is 6.69. The van der Waals surface area contributed by atoms with E-state index < -0.39 is 0 Å². The van der Waals surface area contributed by atoms with Gasteiger partial charge in [-0.05, 0) is 30.2 Å². The van der Waals surface area contributed by atoms with Crippen LogP contribution >= 0.6 is 11.8 Å². The predicted molar refractivity (Wildman–Crippen MR) is 80.0 cm³/mol. The van der Waals surface area contributed by atoms with Crippen molar-refractivity contribution >= 4 is 22.8 Å². The van der Waals surface area contributed by atoms with Gasteiger partial charge in [0.15, 0.2) is 10.8 Å². The third-order valence-corrected chi connectivity index (χ3v) is 4.45. The van der Waals surface area contributed by atoms with Crippen LogP contribution in [0.4, 0.5) is 0 Å². The molecule has 3 aromatic rings. The van der Waals surface area contributed by atoms with E-state index in [1.54, 1.807) is 11.8 Å². The quantitative estimate of drug-likeness (QED) is 0.535. The molecule has 100 valence electrons. The summed E-state index contributed by atoms with van der Waals surface area (Å²) >= 11 is 1.56. The van der Waals surface area contributed by atoms with Crippen molar-refractivity contribution < 1.29 is 0 Å². The average molecular weight is 282 g/mol. The summed E-state index contributed by atoms with van der Waals surface area (Å²) in [5.41, 5.74) is 3.74. The van der Waals surface area contributed by atoms with Crippen molar-refractivity contribution in [1.82, 2.24) is 19.7 Å². The number of aromatic nitrogens is 4. The number of thioether (sulfide) groups is 1. The lowest BCUT2D eigenvalue weighted by molar-refractivity contribution is 0.531. The Labute approximate surface area is 121 Å². The lowest BCUT2D eigenvalue weighted by Gasteiger charge is -2.13. The van der Waals surface area contributed by atoms with Gasteiger partial charge >= 0.3 is 0 Å². The van der Waals surface area contributed by atoms with Crippen molar-refractivity contribution in [3.8, 4) is 0 Å². The lowest BCUT2D eigenvalue weighted by Crippen LogP contribution is -2.09. The van der Waals surface area contributed by atoms with Crippen molar-refractivity contribution in [2.45, 2.75) is 24.0 Å². The molecule has 1 aliphatic rings. The third-order valence-electron chi connectivity index (χ3n) is 3.89. The highest BCUT2D eigenvalue weighted by Crippen LogP contribution is 2.35. The van der Waals surface area contributed by atoms with Crippen LogP contribution in [0.2, 0.25) is 0 Å². The van der Waals surface area contributed by atoms with Gasteiger partial charge in [-0.2, -0.15) is 5.10 Å². The van der Waals surface area contributed by atoms with E-state index in [0.717, 1.165) is 29.0 Å². The van der Waals surface area contributed by atoms with E-state index in [9.17, 15) is 0 Å². The highest BCUT2D eigenvalue weighted by molar-refractivity contribution is 7.98. The van der Waals surface area contributed by atoms with Gasteiger partial charge in [-0.15, -0.1) is 0 Å². The zero-order chi connectivity index (χ0) is 13.5. The molecule has 0 amide bonds. The second kappa shape index (κ2) is 4.59. The zero-order valence-electron chi connectivity index (χ0n) is 11.2. The number of aryl methyl sites for hydroxylation is 1. The number of hydrogen-bond acceptors (Lipinski definition) is 4. The number of benzene rings is 1. The molecule has 2 aromatic heterocycles. The molecule has 1 unspecified atom stereocenters. The Bertz CT molecular complexity index is 780. The average Bonchev–Trinajstić information content (AvgIpc) is 3.09. The fraction of sp³-hybridized carbons (Fsp3) is 0.267. The van der Waals surface area contributed by atoms with Crippen LogP contribution in [0.1, 0.15) is 23.6 Å². The van der Waals surface area contributed by atoms with Gasteiger partial charge in [0.05, 0.1) is 17.6 Å². The third kappa shape index (κ3) is 1.73. The Hall–Kier alpha value is -1.88. The maximum Gasteiger partial charge on any atom is 0.189 e. The summed E-state index contributed by atoms with van der Waals surface area (Å²) in [6.07, 6.45) is 7.92. The highest BCUT2D eigenvalue weighted by Gasteiger charge is 2.25. The van der Waals surface area contributed by atoms with Crippen molar-refractivity contribution in [1.29, 1.82) is 0 Å². The normalized spacial score (nSPS) is 17.6. The first kappa shape index (κ1) is 11.9. The molecule has 4 rings (SSSR count). The summed E-state index contributed by atoms with van der Waals surface area (Å²) in [7, 11) is 0. The van der Waals surface area contributed by atoms with Gasteiger partial charge in [-0.25, -0.2) is 14.6 Å². The van der Waals surface area contributed by atoms with E-state index in [4.69, 9.17) is 0 Å². The fourth-order valence-electron chi connectivity index (χ4n) is 2.94. The van der Waals surface area contributed by atoms with Crippen molar-refractivity contribution in [3.63, 3.8) is 0 Å². The SMILES string of the molecule is CSc1ncc2cnn(C3CCc4ccccc43)c2n1. The fourth-order valence-corrected chi connectivity index (χ4v) is 3.27. The summed E-state index contributed by atoms with van der Waals surface area (Å²) < 4.78 is 2.06. The Morgan fingerprint density at radius 3 is 3.05 bits per heavy atom. The lowest BCUT2D eigenvalue weighted by atomic mass is 10.1. The number of rotatable bonds is 2. The number of fused-ring (bicyclic) bond motifs is 2. The van der Waals surface area contributed by atoms with Crippen molar-refractivity contribution in [3.05, 3.63) is 47.8 Å². The summed E-state index contributed by atoms with van der Waals surface area (Å²) in [6.45, 7) is 0. The Balaban J connectivity index is 1.87. The predicted octanol–water partition coefficient (Wildman–Crippen LogP) is 3.08. The smallest absolute Gasteiger partial charge is 0.189 e. The maximum atomic E-state index is 4.62. The van der Waals surface area contributed by atoms with E-state index in [0.29, 0.717) is 6.04 Å². The maximum absolute atomic E-state index is 4.62. The monoisotopic (exact) mass is 282 g/mol. The van der Waals surface area contributed by atoms with Crippen LogP contribution in [-0.4, -0.2) is 26.0 Å². The second-order valence-electron chi connectivity index (χ2n) is 4.98. The second-order valence-corrected chi connectivity index (χ2v) is 5.75. The molecule has 0 saturated heterocycles. The first-order valence-corrected chi connectivity index (χ1v) is 7.91. The molecule has 1 atom stereocenters. The molecular weight excluding hydrogens is 268 g/mol. The number of nitrogens with zero attached hydrogens (tertiary/aromatic N) is 4. The van der Waals surface area contributed by atoms with Gasteiger partial charge < -0.3 is 0 Å². The molecule has 2 heterocycles. The largest absolute Gasteiger partial charge is 0.240 e. The van der Waals surface area contributed by atoms with Crippen LogP contribution in [0.25, 0.3) is 11.0 Å². The Kier molecular flexibility index (Phi) is 2.73. The molecule has 1 aromatic carbocycles. The molecule has 5 heteroatoms. The van der Waals surface area contributed by atoms with Crippen LogP contribution in [0.15, 0.2) is 41.8 Å². The molecule has 0 saturated carbocycles. The molecule has 0 fully saturated rings.